The van der Waals surface area contributed by atoms with Crippen LogP contribution in [0.3, 0.4) is 0 Å². The van der Waals surface area contributed by atoms with Gasteiger partial charge in [-0.1, -0.05) is 0 Å². The molecule has 0 aromatic carbocycles. The lowest BCUT2D eigenvalue weighted by atomic mass is 9.79. The summed E-state index contributed by atoms with van der Waals surface area (Å²) in [5.41, 5.74) is 1.90. The predicted molar refractivity (Wildman–Crippen MR) is 80.6 cm³/mol. The van der Waals surface area contributed by atoms with Gasteiger partial charge in [0.25, 0.3) is 5.91 Å². The molecule has 0 saturated carbocycles. The minimum absolute atomic E-state index is 0.0654. The molecule has 2 aromatic heterocycles. The van der Waals surface area contributed by atoms with Crippen LogP contribution in [0.25, 0.3) is 0 Å². The van der Waals surface area contributed by atoms with E-state index >= 15 is 0 Å². The quantitative estimate of drug-likeness (QED) is 0.845. The fraction of sp³-hybridized carbons (Fsp3) is 0.438. The zero-order chi connectivity index (χ0) is 15.2. The zero-order valence-electron chi connectivity index (χ0n) is 12.5. The van der Waals surface area contributed by atoms with Gasteiger partial charge >= 0.3 is 0 Å². The highest BCUT2D eigenvalue weighted by Crippen LogP contribution is 2.41. The number of rotatable bonds is 2. The predicted octanol–water partition coefficient (Wildman–Crippen LogP) is 1.73. The molecule has 2 fully saturated rings. The molecule has 2 saturated heterocycles. The molecule has 2 aliphatic heterocycles. The second-order valence-corrected chi connectivity index (χ2v) is 6.41. The van der Waals surface area contributed by atoms with Crippen LogP contribution in [0.5, 0.6) is 0 Å². The second-order valence-electron chi connectivity index (χ2n) is 6.41. The van der Waals surface area contributed by atoms with Gasteiger partial charge in [0.05, 0.1) is 11.8 Å². The summed E-state index contributed by atoms with van der Waals surface area (Å²) in [5.74, 6) is 0.853. The maximum Gasteiger partial charge on any atom is 0.257 e. The van der Waals surface area contributed by atoms with Crippen LogP contribution in [0.4, 0.5) is 5.95 Å². The number of anilines is 1. The first-order valence-electron chi connectivity index (χ1n) is 7.50. The molecule has 1 spiro atoms. The number of likely N-dealkylation sites (tertiary alicyclic amines) is 1. The summed E-state index contributed by atoms with van der Waals surface area (Å²) in [6.45, 7) is 5.44. The Balaban J connectivity index is 1.40. The van der Waals surface area contributed by atoms with Crippen molar-refractivity contribution in [2.24, 2.45) is 5.41 Å². The molecule has 4 heterocycles. The molecule has 0 N–H and O–H groups in total. The fourth-order valence-electron chi connectivity index (χ4n) is 3.39. The normalized spacial score (nSPS) is 19.5. The van der Waals surface area contributed by atoms with Crippen molar-refractivity contribution in [1.29, 1.82) is 0 Å². The molecule has 0 aliphatic carbocycles. The van der Waals surface area contributed by atoms with Crippen molar-refractivity contribution in [3.8, 4) is 0 Å². The van der Waals surface area contributed by atoms with E-state index in [4.69, 9.17) is 4.42 Å². The molecule has 0 unspecified atom stereocenters. The van der Waals surface area contributed by atoms with Crippen molar-refractivity contribution in [2.45, 2.75) is 13.3 Å². The molecule has 0 atom stereocenters. The smallest absolute Gasteiger partial charge is 0.257 e. The Bertz CT molecular complexity index is 675. The third-order valence-electron chi connectivity index (χ3n) is 4.60. The van der Waals surface area contributed by atoms with Gasteiger partial charge in [-0.15, -0.1) is 0 Å². The molecule has 4 rings (SSSR count). The third kappa shape index (κ3) is 2.15. The van der Waals surface area contributed by atoms with Crippen LogP contribution in [0.2, 0.25) is 0 Å². The summed E-state index contributed by atoms with van der Waals surface area (Å²) >= 11 is 0. The van der Waals surface area contributed by atoms with E-state index in [2.05, 4.69) is 14.9 Å². The molecule has 6 heteroatoms. The summed E-state index contributed by atoms with van der Waals surface area (Å²) in [6.07, 6.45) is 7.78. The van der Waals surface area contributed by atoms with Crippen LogP contribution in [0.15, 0.2) is 35.4 Å². The maximum atomic E-state index is 12.4. The minimum Gasteiger partial charge on any atom is -0.472 e. The van der Waals surface area contributed by atoms with Crippen LogP contribution in [0.1, 0.15) is 22.3 Å². The zero-order valence-corrected chi connectivity index (χ0v) is 12.5. The lowest BCUT2D eigenvalue weighted by molar-refractivity contribution is 0.0762. The molecule has 6 nitrogen and oxygen atoms in total. The van der Waals surface area contributed by atoms with Crippen LogP contribution in [-0.2, 0) is 0 Å². The SMILES string of the molecule is Cc1cnc(N2CC3(CCN(C(=O)c4ccoc4)C3)C2)nc1. The van der Waals surface area contributed by atoms with Gasteiger partial charge in [-0.3, -0.25) is 4.79 Å². The van der Waals surface area contributed by atoms with Gasteiger partial charge in [-0.05, 0) is 25.0 Å². The molecular formula is C16H18N4O2. The number of carbonyl (C=O) groups excluding carboxylic acids is 1. The van der Waals surface area contributed by atoms with E-state index in [9.17, 15) is 4.79 Å². The highest BCUT2D eigenvalue weighted by atomic mass is 16.3. The molecule has 2 aliphatic rings. The summed E-state index contributed by atoms with van der Waals surface area (Å²) < 4.78 is 5.00. The molecule has 2 aromatic rings. The van der Waals surface area contributed by atoms with E-state index in [0.29, 0.717) is 5.56 Å². The van der Waals surface area contributed by atoms with E-state index in [0.717, 1.165) is 44.1 Å². The standard InChI is InChI=1S/C16H18N4O2/c1-12-6-17-15(18-7-12)20-10-16(11-20)3-4-19(9-16)14(21)13-2-5-22-8-13/h2,5-8H,3-4,9-11H2,1H3. The number of amides is 1. The minimum atomic E-state index is 0.0654. The molecule has 1 amide bonds. The summed E-state index contributed by atoms with van der Waals surface area (Å²) in [5, 5.41) is 0. The highest BCUT2D eigenvalue weighted by molar-refractivity contribution is 5.94. The number of carbonyl (C=O) groups is 1. The monoisotopic (exact) mass is 298 g/mol. The van der Waals surface area contributed by atoms with Crippen molar-refractivity contribution < 1.29 is 9.21 Å². The average Bonchev–Trinajstić information content (AvgIpc) is 3.16. The highest BCUT2D eigenvalue weighted by Gasteiger charge is 2.49. The van der Waals surface area contributed by atoms with Crippen LogP contribution in [0, 0.1) is 12.3 Å². The van der Waals surface area contributed by atoms with E-state index in [1.807, 2.05) is 24.2 Å². The van der Waals surface area contributed by atoms with Gasteiger partial charge in [-0.2, -0.15) is 0 Å². The van der Waals surface area contributed by atoms with Crippen molar-refractivity contribution in [3.63, 3.8) is 0 Å². The van der Waals surface area contributed by atoms with Gasteiger partial charge in [0.1, 0.15) is 6.26 Å². The Hall–Kier alpha value is -2.37. The van der Waals surface area contributed by atoms with Crippen LogP contribution in [-0.4, -0.2) is 47.0 Å². The number of aryl methyl sites for hydroxylation is 1. The molecule has 0 radical (unpaired) electrons. The van der Waals surface area contributed by atoms with E-state index in [1.165, 1.54) is 6.26 Å². The molecular weight excluding hydrogens is 280 g/mol. The number of hydrogen-bond donors (Lipinski definition) is 0. The lowest BCUT2D eigenvalue weighted by Gasteiger charge is -2.47. The van der Waals surface area contributed by atoms with Crippen molar-refractivity contribution in [3.05, 3.63) is 42.1 Å². The summed E-state index contributed by atoms with van der Waals surface area (Å²) in [6, 6.07) is 1.72. The van der Waals surface area contributed by atoms with Gasteiger partial charge in [-0.25, -0.2) is 9.97 Å². The Kier molecular flexibility index (Phi) is 2.92. The van der Waals surface area contributed by atoms with E-state index < -0.39 is 0 Å². The second kappa shape index (κ2) is 4.83. The van der Waals surface area contributed by atoms with Crippen molar-refractivity contribution in [2.75, 3.05) is 31.1 Å². The lowest BCUT2D eigenvalue weighted by Crippen LogP contribution is -2.58. The van der Waals surface area contributed by atoms with Gasteiger partial charge < -0.3 is 14.2 Å². The van der Waals surface area contributed by atoms with Crippen molar-refractivity contribution in [1.82, 2.24) is 14.9 Å². The topological polar surface area (TPSA) is 62.5 Å². The van der Waals surface area contributed by atoms with Crippen LogP contribution < -0.4 is 4.90 Å². The molecule has 22 heavy (non-hydrogen) atoms. The van der Waals surface area contributed by atoms with Crippen molar-refractivity contribution >= 4 is 11.9 Å². The largest absolute Gasteiger partial charge is 0.472 e. The Morgan fingerprint density at radius 1 is 1.27 bits per heavy atom. The third-order valence-corrected chi connectivity index (χ3v) is 4.60. The first kappa shape index (κ1) is 13.3. The Morgan fingerprint density at radius 2 is 2.05 bits per heavy atom. The number of furan rings is 1. The van der Waals surface area contributed by atoms with E-state index in [1.54, 1.807) is 12.3 Å². The number of hydrogen-bond acceptors (Lipinski definition) is 5. The molecule has 0 bridgehead atoms. The van der Waals surface area contributed by atoms with Crippen LogP contribution >= 0.6 is 0 Å². The summed E-state index contributed by atoms with van der Waals surface area (Å²) in [7, 11) is 0. The Labute approximate surface area is 128 Å². The fourth-order valence-corrected chi connectivity index (χ4v) is 3.39. The van der Waals surface area contributed by atoms with Gasteiger partial charge in [0.2, 0.25) is 5.95 Å². The first-order chi connectivity index (χ1) is 10.7. The number of aromatic nitrogens is 2. The number of nitrogens with zero attached hydrogens (tertiary/aromatic N) is 4. The average molecular weight is 298 g/mol. The summed E-state index contributed by atoms with van der Waals surface area (Å²) in [4.78, 5) is 25.2. The van der Waals surface area contributed by atoms with Gasteiger partial charge in [0, 0.05) is 44.0 Å². The molecule has 114 valence electrons. The first-order valence-corrected chi connectivity index (χ1v) is 7.50. The maximum absolute atomic E-state index is 12.4. The Morgan fingerprint density at radius 3 is 2.73 bits per heavy atom. The van der Waals surface area contributed by atoms with Gasteiger partial charge in [0.15, 0.2) is 0 Å². The van der Waals surface area contributed by atoms with E-state index in [-0.39, 0.29) is 11.3 Å².